The fourth-order valence-electron chi connectivity index (χ4n) is 2.45. The molecule has 2 saturated heterocycles. The van der Waals surface area contributed by atoms with Gasteiger partial charge in [-0.2, -0.15) is 0 Å². The first-order valence-corrected chi connectivity index (χ1v) is 7.31. The number of carbonyl (C=O) groups excluding carboxylic acids is 1. The van der Waals surface area contributed by atoms with Crippen molar-refractivity contribution >= 4 is 21.8 Å². The molecule has 3 atom stereocenters. The molecule has 1 amide bonds. The highest BCUT2D eigenvalue weighted by atomic mass is 79.9. The van der Waals surface area contributed by atoms with Gasteiger partial charge in [-0.3, -0.25) is 4.79 Å². The minimum Gasteiger partial charge on any atom is -0.373 e. The molecular weight excluding hydrogens is 286 g/mol. The van der Waals surface area contributed by atoms with E-state index < -0.39 is 5.60 Å². The maximum Gasteiger partial charge on any atom is 0.254 e. The molecule has 0 aliphatic carbocycles. The molecule has 0 aromatic heterocycles. The van der Waals surface area contributed by atoms with Crippen LogP contribution in [-0.2, 0) is 14.3 Å². The molecule has 17 heavy (non-hydrogen) atoms. The fraction of sp³-hybridized carbons (Fsp3) is 0.917. The van der Waals surface area contributed by atoms with Gasteiger partial charge in [0.15, 0.2) is 0 Å². The molecule has 3 unspecified atom stereocenters. The molecule has 2 aliphatic heterocycles. The Kier molecular flexibility index (Phi) is 4.10. The van der Waals surface area contributed by atoms with Crippen LogP contribution in [0, 0.1) is 0 Å². The van der Waals surface area contributed by atoms with Crippen molar-refractivity contribution in [3.63, 3.8) is 0 Å². The lowest BCUT2D eigenvalue weighted by molar-refractivity contribution is -0.162. The van der Waals surface area contributed by atoms with Crippen LogP contribution < -0.4 is 0 Å². The van der Waals surface area contributed by atoms with E-state index in [4.69, 9.17) is 9.47 Å². The summed E-state index contributed by atoms with van der Waals surface area (Å²) in [7, 11) is 0. The second-order valence-electron chi connectivity index (χ2n) is 5.10. The molecule has 5 heteroatoms. The number of ether oxygens (including phenoxy) is 2. The second-order valence-corrected chi connectivity index (χ2v) is 5.75. The molecule has 0 spiro atoms. The van der Waals surface area contributed by atoms with Crippen LogP contribution in [0.25, 0.3) is 0 Å². The van der Waals surface area contributed by atoms with Gasteiger partial charge in [0.25, 0.3) is 5.91 Å². The Hall–Kier alpha value is -0.130. The average molecular weight is 306 g/mol. The van der Waals surface area contributed by atoms with Gasteiger partial charge in [-0.25, -0.2) is 0 Å². The van der Waals surface area contributed by atoms with E-state index >= 15 is 0 Å². The number of nitrogens with zero attached hydrogens (tertiary/aromatic N) is 1. The van der Waals surface area contributed by atoms with E-state index in [1.54, 1.807) is 0 Å². The summed E-state index contributed by atoms with van der Waals surface area (Å²) in [4.78, 5) is 14.4. The van der Waals surface area contributed by atoms with E-state index in [1.165, 1.54) is 0 Å². The van der Waals surface area contributed by atoms with Crippen LogP contribution in [0.5, 0.6) is 0 Å². The van der Waals surface area contributed by atoms with Crippen LogP contribution in [0.1, 0.15) is 26.7 Å². The van der Waals surface area contributed by atoms with Crippen molar-refractivity contribution in [3.8, 4) is 0 Å². The summed E-state index contributed by atoms with van der Waals surface area (Å²) in [5, 5.41) is 0.765. The van der Waals surface area contributed by atoms with Crippen LogP contribution in [0.3, 0.4) is 0 Å². The molecule has 0 N–H and O–H groups in total. The topological polar surface area (TPSA) is 38.8 Å². The first-order valence-electron chi connectivity index (χ1n) is 6.19. The summed E-state index contributed by atoms with van der Waals surface area (Å²) in [5.41, 5.74) is -0.609. The predicted octanol–water partition coefficient (Wildman–Crippen LogP) is 1.57. The molecule has 2 rings (SSSR count). The zero-order valence-corrected chi connectivity index (χ0v) is 12.0. The first kappa shape index (κ1) is 13.3. The van der Waals surface area contributed by atoms with Crippen molar-refractivity contribution in [3.05, 3.63) is 0 Å². The number of hydrogen-bond donors (Lipinski definition) is 0. The lowest BCUT2D eigenvalue weighted by Gasteiger charge is -2.41. The van der Waals surface area contributed by atoms with Gasteiger partial charge in [-0.05, 0) is 26.7 Å². The smallest absolute Gasteiger partial charge is 0.254 e. The Morgan fingerprint density at radius 3 is 2.94 bits per heavy atom. The summed E-state index contributed by atoms with van der Waals surface area (Å²) >= 11 is 3.41. The summed E-state index contributed by atoms with van der Waals surface area (Å²) in [5.74, 6) is 0.122. The lowest BCUT2D eigenvalue weighted by atomic mass is 9.99. The van der Waals surface area contributed by atoms with E-state index in [1.807, 2.05) is 18.7 Å². The Morgan fingerprint density at radius 1 is 1.59 bits per heavy atom. The van der Waals surface area contributed by atoms with Gasteiger partial charge in [0.2, 0.25) is 0 Å². The monoisotopic (exact) mass is 305 g/mol. The molecule has 0 aromatic rings. The SMILES string of the molecule is CC1COC(CBr)CN1C(=O)C1(C)CCCO1. The van der Waals surface area contributed by atoms with Gasteiger partial charge in [0.05, 0.1) is 18.8 Å². The van der Waals surface area contributed by atoms with Gasteiger partial charge in [0, 0.05) is 18.5 Å². The van der Waals surface area contributed by atoms with Crippen molar-refractivity contribution in [1.29, 1.82) is 0 Å². The van der Waals surface area contributed by atoms with E-state index in [2.05, 4.69) is 15.9 Å². The average Bonchev–Trinajstić information content (AvgIpc) is 2.77. The summed E-state index contributed by atoms with van der Waals surface area (Å²) < 4.78 is 11.3. The summed E-state index contributed by atoms with van der Waals surface area (Å²) in [6.07, 6.45) is 1.90. The van der Waals surface area contributed by atoms with Crippen molar-refractivity contribution in [1.82, 2.24) is 4.90 Å². The Balaban J connectivity index is 2.06. The zero-order chi connectivity index (χ0) is 12.5. The van der Waals surface area contributed by atoms with E-state index in [0.29, 0.717) is 19.8 Å². The molecule has 2 heterocycles. The molecule has 98 valence electrons. The molecular formula is C12H20BrNO3. The normalized spacial score (nSPS) is 38.4. The van der Waals surface area contributed by atoms with Crippen molar-refractivity contribution in [2.75, 3.05) is 25.1 Å². The quantitative estimate of drug-likeness (QED) is 0.727. The first-order chi connectivity index (χ1) is 8.07. The van der Waals surface area contributed by atoms with Crippen LogP contribution in [0.15, 0.2) is 0 Å². The molecule has 2 aliphatic rings. The number of alkyl halides is 1. The minimum atomic E-state index is -0.609. The summed E-state index contributed by atoms with van der Waals surface area (Å²) in [6.45, 7) is 5.90. The van der Waals surface area contributed by atoms with Crippen LogP contribution >= 0.6 is 15.9 Å². The Morgan fingerprint density at radius 2 is 2.35 bits per heavy atom. The van der Waals surface area contributed by atoms with E-state index in [-0.39, 0.29) is 18.1 Å². The van der Waals surface area contributed by atoms with Crippen LogP contribution in [0.2, 0.25) is 0 Å². The number of amides is 1. The van der Waals surface area contributed by atoms with Gasteiger partial charge in [0.1, 0.15) is 5.60 Å². The number of halogens is 1. The second kappa shape index (κ2) is 5.24. The van der Waals surface area contributed by atoms with Gasteiger partial charge >= 0.3 is 0 Å². The maximum absolute atomic E-state index is 12.5. The lowest BCUT2D eigenvalue weighted by Crippen LogP contribution is -2.57. The number of morpholine rings is 1. The Labute approximate surface area is 111 Å². The third-order valence-electron chi connectivity index (χ3n) is 3.61. The third-order valence-corrected chi connectivity index (χ3v) is 4.33. The molecule has 4 nitrogen and oxygen atoms in total. The summed E-state index contributed by atoms with van der Waals surface area (Å²) in [6, 6.07) is 0.138. The minimum absolute atomic E-state index is 0.0974. The Bertz CT molecular complexity index is 291. The molecule has 2 fully saturated rings. The number of hydrogen-bond acceptors (Lipinski definition) is 3. The van der Waals surface area contributed by atoms with E-state index in [9.17, 15) is 4.79 Å². The van der Waals surface area contributed by atoms with Crippen LogP contribution in [0.4, 0.5) is 0 Å². The van der Waals surface area contributed by atoms with Crippen molar-refractivity contribution in [2.24, 2.45) is 0 Å². The van der Waals surface area contributed by atoms with Gasteiger partial charge in [-0.15, -0.1) is 0 Å². The largest absolute Gasteiger partial charge is 0.373 e. The van der Waals surface area contributed by atoms with Crippen molar-refractivity contribution < 1.29 is 14.3 Å². The molecule has 0 bridgehead atoms. The van der Waals surface area contributed by atoms with Crippen LogP contribution in [-0.4, -0.2) is 53.6 Å². The highest BCUT2D eigenvalue weighted by Crippen LogP contribution is 2.29. The molecule has 0 radical (unpaired) electrons. The number of carbonyl (C=O) groups is 1. The van der Waals surface area contributed by atoms with Gasteiger partial charge < -0.3 is 14.4 Å². The zero-order valence-electron chi connectivity index (χ0n) is 10.4. The highest BCUT2D eigenvalue weighted by molar-refractivity contribution is 9.09. The molecule has 0 saturated carbocycles. The number of rotatable bonds is 2. The molecule has 0 aromatic carbocycles. The maximum atomic E-state index is 12.5. The van der Waals surface area contributed by atoms with Gasteiger partial charge in [-0.1, -0.05) is 15.9 Å². The standard InChI is InChI=1S/C12H20BrNO3/c1-9-8-16-10(6-13)7-14(9)11(15)12(2)4-3-5-17-12/h9-10H,3-8H2,1-2H3. The van der Waals surface area contributed by atoms with Crippen molar-refractivity contribution in [2.45, 2.75) is 44.4 Å². The van der Waals surface area contributed by atoms with E-state index in [0.717, 1.165) is 18.2 Å². The predicted molar refractivity (Wildman–Crippen MR) is 68.3 cm³/mol. The fourth-order valence-corrected chi connectivity index (χ4v) is 2.84. The highest BCUT2D eigenvalue weighted by Gasteiger charge is 2.43. The third kappa shape index (κ3) is 2.66.